The van der Waals surface area contributed by atoms with Gasteiger partial charge in [0.15, 0.2) is 0 Å². The molecule has 8 saturated carbocycles. The lowest BCUT2D eigenvalue weighted by atomic mass is 9.55. The largest absolute Gasteiger partial charge is 0.496 e. The van der Waals surface area contributed by atoms with Crippen LogP contribution in [0.5, 0.6) is 5.75 Å². The first-order chi connectivity index (χ1) is 23.6. The molecule has 0 spiro atoms. The molecular formula is C44H56NO2PS. The van der Waals surface area contributed by atoms with Crippen LogP contribution in [-0.2, 0) is 11.0 Å². The lowest BCUT2D eigenvalue weighted by Gasteiger charge is -2.67. The van der Waals surface area contributed by atoms with Crippen LogP contribution in [0.2, 0.25) is 0 Å². The first-order valence-electron chi connectivity index (χ1n) is 19.4. The predicted molar refractivity (Wildman–Crippen MR) is 206 cm³/mol. The third-order valence-electron chi connectivity index (χ3n) is 13.9. The van der Waals surface area contributed by atoms with Crippen molar-refractivity contribution in [1.82, 2.24) is 4.72 Å². The zero-order chi connectivity index (χ0) is 33.5. The molecule has 0 heterocycles. The highest BCUT2D eigenvalue weighted by atomic mass is 32.2. The number of ether oxygens (including phenoxy) is 1. The van der Waals surface area contributed by atoms with Crippen LogP contribution >= 0.6 is 7.92 Å². The van der Waals surface area contributed by atoms with E-state index in [2.05, 4.69) is 86.2 Å². The summed E-state index contributed by atoms with van der Waals surface area (Å²) in [7, 11) is 0.123. The van der Waals surface area contributed by atoms with Gasteiger partial charge < -0.3 is 4.74 Å². The summed E-state index contributed by atoms with van der Waals surface area (Å²) in [6.07, 6.45) is 17.8. The average molecular weight is 694 g/mol. The van der Waals surface area contributed by atoms with Crippen LogP contribution < -0.4 is 14.8 Å². The third kappa shape index (κ3) is 5.79. The average Bonchev–Trinajstić information content (AvgIpc) is 3.06. The van der Waals surface area contributed by atoms with Crippen LogP contribution in [0, 0.1) is 35.5 Å². The topological polar surface area (TPSA) is 38.3 Å². The molecule has 1 unspecified atom stereocenters. The molecule has 0 saturated heterocycles. The second-order valence-electron chi connectivity index (χ2n) is 18.4. The lowest BCUT2D eigenvalue weighted by molar-refractivity contribution is 0.0195. The summed E-state index contributed by atoms with van der Waals surface area (Å²) >= 11 is 0. The second-order valence-corrected chi connectivity index (χ2v) is 23.5. The van der Waals surface area contributed by atoms with Crippen molar-refractivity contribution in [2.24, 2.45) is 35.5 Å². The van der Waals surface area contributed by atoms with Crippen molar-refractivity contribution in [2.75, 3.05) is 7.11 Å². The van der Waals surface area contributed by atoms with Gasteiger partial charge in [0.1, 0.15) is 5.75 Å². The fraction of sp³-hybridized carbons (Fsp3) is 0.591. The second kappa shape index (κ2) is 12.3. The van der Waals surface area contributed by atoms with E-state index in [1.165, 1.54) is 88.2 Å². The Hall–Kier alpha value is -2.00. The number of benzene rings is 3. The van der Waals surface area contributed by atoms with E-state index in [1.807, 2.05) is 12.1 Å². The van der Waals surface area contributed by atoms with Gasteiger partial charge in [-0.25, -0.2) is 8.93 Å². The molecule has 2 atom stereocenters. The number of hydrogen-bond acceptors (Lipinski definition) is 2. The summed E-state index contributed by atoms with van der Waals surface area (Å²) in [4.78, 5) is 0. The smallest absolute Gasteiger partial charge is 0.126 e. The molecule has 8 fully saturated rings. The minimum atomic E-state index is -1.22. The van der Waals surface area contributed by atoms with Crippen molar-refractivity contribution in [3.8, 4) is 16.9 Å². The van der Waals surface area contributed by atoms with E-state index >= 15 is 0 Å². The van der Waals surface area contributed by atoms with E-state index in [1.54, 1.807) is 12.4 Å². The Labute approximate surface area is 299 Å². The SMILES string of the molecule is COc1ccccc1-c1ccc([C@H](NS(=O)C(C)(C)C)c2ccccc2P(C23CC4CC(CC(C4)C2)C3)C23CC4CC(CC(C4)C2)C3)cc1. The molecule has 1 N–H and O–H groups in total. The molecular weight excluding hydrogens is 638 g/mol. The van der Waals surface area contributed by atoms with Crippen LogP contribution in [0.4, 0.5) is 0 Å². The lowest BCUT2D eigenvalue weighted by Crippen LogP contribution is -2.58. The molecule has 11 rings (SSSR count). The van der Waals surface area contributed by atoms with Crippen molar-refractivity contribution in [3.05, 3.63) is 83.9 Å². The van der Waals surface area contributed by atoms with Crippen LogP contribution in [0.3, 0.4) is 0 Å². The molecule has 0 aromatic heterocycles. The predicted octanol–water partition coefficient (Wildman–Crippen LogP) is 10.5. The van der Waals surface area contributed by atoms with Gasteiger partial charge in [-0.05, 0) is 172 Å². The van der Waals surface area contributed by atoms with Gasteiger partial charge in [-0.2, -0.15) is 0 Å². The van der Waals surface area contributed by atoms with Crippen molar-refractivity contribution in [3.63, 3.8) is 0 Å². The Kier molecular flexibility index (Phi) is 8.26. The fourth-order valence-electron chi connectivity index (χ4n) is 13.0. The van der Waals surface area contributed by atoms with Crippen molar-refractivity contribution in [2.45, 2.75) is 119 Å². The quantitative estimate of drug-likeness (QED) is 0.227. The first-order valence-corrected chi connectivity index (χ1v) is 21.9. The molecule has 260 valence electrons. The molecule has 8 aliphatic rings. The Morgan fingerprint density at radius 1 is 0.694 bits per heavy atom. The highest BCUT2D eigenvalue weighted by Crippen LogP contribution is 2.78. The highest BCUT2D eigenvalue weighted by Gasteiger charge is 2.63. The van der Waals surface area contributed by atoms with E-state index < -0.39 is 18.9 Å². The summed E-state index contributed by atoms with van der Waals surface area (Å²) < 4.78 is 23.2. The minimum Gasteiger partial charge on any atom is -0.496 e. The molecule has 8 bridgehead atoms. The summed E-state index contributed by atoms with van der Waals surface area (Å²) in [6.45, 7) is 6.30. The van der Waals surface area contributed by atoms with Crippen LogP contribution in [0.15, 0.2) is 72.8 Å². The van der Waals surface area contributed by atoms with Gasteiger partial charge >= 0.3 is 0 Å². The Balaban J connectivity index is 1.18. The minimum absolute atomic E-state index is 0.129. The molecule has 3 aromatic rings. The van der Waals surface area contributed by atoms with Gasteiger partial charge in [0.25, 0.3) is 0 Å². The van der Waals surface area contributed by atoms with Gasteiger partial charge in [-0.15, -0.1) is 0 Å². The van der Waals surface area contributed by atoms with E-state index in [0.29, 0.717) is 10.3 Å². The number of methoxy groups -OCH3 is 1. The highest BCUT2D eigenvalue weighted by molar-refractivity contribution is 7.84. The maximum Gasteiger partial charge on any atom is 0.126 e. The maximum absolute atomic E-state index is 14.1. The van der Waals surface area contributed by atoms with Gasteiger partial charge in [-0.3, -0.25) is 0 Å². The molecule has 0 aliphatic heterocycles. The summed E-state index contributed by atoms with van der Waals surface area (Å²) in [6, 6.07) is 26.8. The van der Waals surface area contributed by atoms with Crippen molar-refractivity contribution >= 4 is 24.2 Å². The van der Waals surface area contributed by atoms with Gasteiger partial charge in [0, 0.05) is 5.56 Å². The van der Waals surface area contributed by atoms with Crippen LogP contribution in [-0.4, -0.2) is 26.4 Å². The summed E-state index contributed by atoms with van der Waals surface area (Å²) in [5.74, 6) is 6.57. The maximum atomic E-state index is 14.1. The number of rotatable bonds is 9. The van der Waals surface area contributed by atoms with E-state index in [0.717, 1.165) is 52.4 Å². The summed E-state index contributed by atoms with van der Waals surface area (Å²) in [5.41, 5.74) is 4.86. The molecule has 0 radical (unpaired) electrons. The first kappa shape index (κ1) is 32.9. The molecule has 3 aromatic carbocycles. The van der Waals surface area contributed by atoms with Crippen LogP contribution in [0.1, 0.15) is 115 Å². The molecule has 5 heteroatoms. The normalized spacial score (nSPS) is 36.1. The summed E-state index contributed by atoms with van der Waals surface area (Å²) in [5, 5.41) is 2.62. The number of hydrogen-bond donors (Lipinski definition) is 1. The Bertz CT molecular complexity index is 1610. The standard InChI is InChI=1S/C44H56NO2PS/c1-42(2,3)49(46)45-41(36-15-13-35(14-16-36)37-9-5-7-11-39(37)47-4)38-10-6-8-12-40(38)48(43-23-29-17-30(24-43)19-31(18-29)25-43)44-26-32-20-33(27-44)22-34(21-32)28-44/h5-16,29-34,41,45H,17-28H2,1-4H3/t29?,30?,31?,32?,33?,34?,41-,43?,44?,48?,49?/m0/s1. The van der Waals surface area contributed by atoms with Gasteiger partial charge in [0.2, 0.25) is 0 Å². The van der Waals surface area contributed by atoms with Crippen LogP contribution in [0.25, 0.3) is 11.1 Å². The molecule has 0 amide bonds. The van der Waals surface area contributed by atoms with E-state index in [9.17, 15) is 4.21 Å². The molecule has 49 heavy (non-hydrogen) atoms. The zero-order valence-electron chi connectivity index (χ0n) is 30.1. The molecule has 3 nitrogen and oxygen atoms in total. The van der Waals surface area contributed by atoms with Crippen molar-refractivity contribution < 1.29 is 8.95 Å². The molecule has 8 aliphatic carbocycles. The fourth-order valence-corrected chi connectivity index (χ4v) is 19.2. The van der Waals surface area contributed by atoms with E-state index in [4.69, 9.17) is 4.74 Å². The number of nitrogens with one attached hydrogen (secondary N) is 1. The zero-order valence-corrected chi connectivity index (χ0v) is 31.8. The Morgan fingerprint density at radius 3 is 1.65 bits per heavy atom. The van der Waals surface area contributed by atoms with Crippen molar-refractivity contribution in [1.29, 1.82) is 0 Å². The van der Waals surface area contributed by atoms with Gasteiger partial charge in [-0.1, -0.05) is 74.7 Å². The van der Waals surface area contributed by atoms with E-state index in [-0.39, 0.29) is 10.8 Å². The Morgan fingerprint density at radius 2 is 1.16 bits per heavy atom. The third-order valence-corrected chi connectivity index (χ3v) is 19.3. The monoisotopic (exact) mass is 693 g/mol. The van der Waals surface area contributed by atoms with Gasteiger partial charge in [0.05, 0.1) is 28.9 Å². The number of para-hydroxylation sites is 1.